The lowest BCUT2D eigenvalue weighted by Crippen LogP contribution is -2.26. The summed E-state index contributed by atoms with van der Waals surface area (Å²) < 4.78 is 0. The molecule has 0 atom stereocenters. The second kappa shape index (κ2) is 12.1. The number of rotatable bonds is 12. The summed E-state index contributed by atoms with van der Waals surface area (Å²) >= 11 is 0. The highest BCUT2D eigenvalue weighted by molar-refractivity contribution is 4.91. The van der Waals surface area contributed by atoms with Crippen molar-refractivity contribution in [1.29, 1.82) is 0 Å². The molecule has 0 saturated carbocycles. The van der Waals surface area contributed by atoms with E-state index in [0.717, 1.165) is 13.1 Å². The largest absolute Gasteiger partial charge is 0.317 e. The molecule has 0 aromatic carbocycles. The summed E-state index contributed by atoms with van der Waals surface area (Å²) in [7, 11) is 0. The smallest absolute Gasteiger partial charge is 0.0187 e. The Morgan fingerprint density at radius 1 is 1.06 bits per heavy atom. The van der Waals surface area contributed by atoms with Gasteiger partial charge in [-0.15, -0.1) is 0 Å². The summed E-state index contributed by atoms with van der Waals surface area (Å²) in [6.45, 7) is 16.3. The van der Waals surface area contributed by atoms with Crippen LogP contribution >= 0.6 is 0 Å². The number of hydrogen-bond donors (Lipinski definition) is 1. The number of nitrogens with one attached hydrogen (secondary N) is 1. The summed E-state index contributed by atoms with van der Waals surface area (Å²) in [5.74, 6) is 0. The first-order chi connectivity index (χ1) is 8.20. The molecule has 102 valence electrons. The lowest BCUT2D eigenvalue weighted by Gasteiger charge is -2.20. The number of nitrogens with zero attached hydrogens (tertiary/aromatic N) is 1. The Balaban J connectivity index is 3.28. The van der Waals surface area contributed by atoms with E-state index in [2.05, 4.69) is 37.6 Å². The molecule has 17 heavy (non-hydrogen) atoms. The number of hydrogen-bond acceptors (Lipinski definition) is 2. The zero-order valence-corrected chi connectivity index (χ0v) is 12.2. The van der Waals surface area contributed by atoms with Gasteiger partial charge in [0.25, 0.3) is 0 Å². The highest BCUT2D eigenvalue weighted by Gasteiger charge is 2.01. The summed E-state index contributed by atoms with van der Waals surface area (Å²) in [4.78, 5) is 2.48. The standard InChI is InChI=1S/C15H32N2/c1-5-11-16-12-9-7-8-10-13-17(6-2)14-15(3)4/h16H,3,5-14H2,1-2,4H3. The van der Waals surface area contributed by atoms with Crippen LogP contribution in [0.5, 0.6) is 0 Å². The van der Waals surface area contributed by atoms with Crippen LogP contribution in [0.2, 0.25) is 0 Å². The molecule has 0 aliphatic carbocycles. The highest BCUT2D eigenvalue weighted by Crippen LogP contribution is 2.03. The van der Waals surface area contributed by atoms with Crippen molar-refractivity contribution >= 4 is 0 Å². The summed E-state index contributed by atoms with van der Waals surface area (Å²) in [6.07, 6.45) is 6.62. The maximum absolute atomic E-state index is 3.98. The molecule has 0 aliphatic rings. The van der Waals surface area contributed by atoms with Gasteiger partial charge in [-0.3, -0.25) is 4.90 Å². The fourth-order valence-corrected chi connectivity index (χ4v) is 1.97. The van der Waals surface area contributed by atoms with Gasteiger partial charge in [-0.1, -0.05) is 38.8 Å². The van der Waals surface area contributed by atoms with Gasteiger partial charge in [0.1, 0.15) is 0 Å². The minimum Gasteiger partial charge on any atom is -0.317 e. The van der Waals surface area contributed by atoms with Crippen molar-refractivity contribution in [2.75, 3.05) is 32.7 Å². The van der Waals surface area contributed by atoms with Gasteiger partial charge in [-0.25, -0.2) is 0 Å². The molecule has 0 saturated heterocycles. The molecule has 0 heterocycles. The van der Waals surface area contributed by atoms with E-state index in [9.17, 15) is 0 Å². The fraction of sp³-hybridized carbons (Fsp3) is 0.867. The molecule has 0 unspecified atom stereocenters. The Hall–Kier alpha value is -0.340. The average molecular weight is 240 g/mol. The lowest BCUT2D eigenvalue weighted by molar-refractivity contribution is 0.303. The molecule has 0 bridgehead atoms. The monoisotopic (exact) mass is 240 g/mol. The van der Waals surface area contributed by atoms with Crippen molar-refractivity contribution in [2.45, 2.75) is 52.9 Å². The van der Waals surface area contributed by atoms with E-state index in [0.29, 0.717) is 0 Å². The first kappa shape index (κ1) is 16.7. The zero-order chi connectivity index (χ0) is 12.9. The van der Waals surface area contributed by atoms with E-state index in [1.54, 1.807) is 0 Å². The van der Waals surface area contributed by atoms with E-state index in [-0.39, 0.29) is 0 Å². The number of likely N-dealkylation sites (N-methyl/N-ethyl adjacent to an activating group) is 1. The predicted molar refractivity (Wildman–Crippen MR) is 78.6 cm³/mol. The highest BCUT2D eigenvalue weighted by atomic mass is 15.1. The van der Waals surface area contributed by atoms with Crippen molar-refractivity contribution in [3.8, 4) is 0 Å². The Labute approximate surface area is 108 Å². The molecule has 0 aromatic heterocycles. The van der Waals surface area contributed by atoms with Gasteiger partial charge in [-0.2, -0.15) is 0 Å². The first-order valence-electron chi connectivity index (χ1n) is 7.28. The van der Waals surface area contributed by atoms with Gasteiger partial charge in [-0.05, 0) is 52.4 Å². The lowest BCUT2D eigenvalue weighted by atomic mass is 10.2. The zero-order valence-electron chi connectivity index (χ0n) is 12.2. The van der Waals surface area contributed by atoms with Crippen molar-refractivity contribution in [1.82, 2.24) is 10.2 Å². The van der Waals surface area contributed by atoms with Crippen molar-refractivity contribution in [2.24, 2.45) is 0 Å². The Kier molecular flexibility index (Phi) is 11.9. The Morgan fingerprint density at radius 2 is 1.76 bits per heavy atom. The molecule has 0 radical (unpaired) electrons. The van der Waals surface area contributed by atoms with E-state index < -0.39 is 0 Å². The molecule has 0 amide bonds. The predicted octanol–water partition coefficient (Wildman–Crippen LogP) is 3.44. The van der Waals surface area contributed by atoms with Crippen LogP contribution in [0.1, 0.15) is 52.9 Å². The maximum atomic E-state index is 3.98. The van der Waals surface area contributed by atoms with Crippen LogP contribution in [0, 0.1) is 0 Å². The van der Waals surface area contributed by atoms with Gasteiger partial charge < -0.3 is 5.32 Å². The van der Waals surface area contributed by atoms with Crippen LogP contribution in [-0.4, -0.2) is 37.6 Å². The molecular weight excluding hydrogens is 208 g/mol. The van der Waals surface area contributed by atoms with E-state index in [4.69, 9.17) is 0 Å². The molecule has 0 aliphatic heterocycles. The maximum Gasteiger partial charge on any atom is 0.0187 e. The summed E-state index contributed by atoms with van der Waals surface area (Å²) in [5.41, 5.74) is 1.27. The van der Waals surface area contributed by atoms with Crippen LogP contribution in [0.25, 0.3) is 0 Å². The van der Waals surface area contributed by atoms with Crippen LogP contribution in [0.4, 0.5) is 0 Å². The SMILES string of the molecule is C=C(C)CN(CC)CCCCCCNCCC. The minimum absolute atomic E-state index is 1.06. The molecule has 0 rings (SSSR count). The van der Waals surface area contributed by atoms with E-state index in [1.807, 2.05) is 0 Å². The van der Waals surface area contributed by atoms with Crippen LogP contribution in [0.3, 0.4) is 0 Å². The van der Waals surface area contributed by atoms with E-state index >= 15 is 0 Å². The second-order valence-electron chi connectivity index (χ2n) is 4.99. The molecule has 0 fully saturated rings. The second-order valence-corrected chi connectivity index (χ2v) is 4.99. The summed E-state index contributed by atoms with van der Waals surface area (Å²) in [5, 5.41) is 3.45. The van der Waals surface area contributed by atoms with Gasteiger partial charge >= 0.3 is 0 Å². The quantitative estimate of drug-likeness (QED) is 0.415. The first-order valence-corrected chi connectivity index (χ1v) is 7.28. The Bertz CT molecular complexity index is 178. The summed E-state index contributed by atoms with van der Waals surface area (Å²) in [6, 6.07) is 0. The van der Waals surface area contributed by atoms with Gasteiger partial charge in [0.15, 0.2) is 0 Å². The molecule has 0 spiro atoms. The fourth-order valence-electron chi connectivity index (χ4n) is 1.97. The normalized spacial score (nSPS) is 11.1. The number of unbranched alkanes of at least 4 members (excludes halogenated alkanes) is 3. The van der Waals surface area contributed by atoms with Crippen LogP contribution < -0.4 is 5.32 Å². The third kappa shape index (κ3) is 11.9. The van der Waals surface area contributed by atoms with Crippen LogP contribution in [-0.2, 0) is 0 Å². The topological polar surface area (TPSA) is 15.3 Å². The van der Waals surface area contributed by atoms with Crippen molar-refractivity contribution in [3.05, 3.63) is 12.2 Å². The molecule has 0 aromatic rings. The minimum atomic E-state index is 1.06. The molecule has 2 heteroatoms. The molecule has 1 N–H and O–H groups in total. The van der Waals surface area contributed by atoms with Gasteiger partial charge in [0, 0.05) is 6.54 Å². The van der Waals surface area contributed by atoms with Crippen LogP contribution in [0.15, 0.2) is 12.2 Å². The van der Waals surface area contributed by atoms with Crippen molar-refractivity contribution in [3.63, 3.8) is 0 Å². The third-order valence-electron chi connectivity index (χ3n) is 2.95. The van der Waals surface area contributed by atoms with E-state index in [1.165, 1.54) is 57.3 Å². The van der Waals surface area contributed by atoms with Gasteiger partial charge in [0.05, 0.1) is 0 Å². The van der Waals surface area contributed by atoms with Crippen molar-refractivity contribution < 1.29 is 0 Å². The third-order valence-corrected chi connectivity index (χ3v) is 2.95. The molecular formula is C15H32N2. The average Bonchev–Trinajstić information content (AvgIpc) is 2.30. The van der Waals surface area contributed by atoms with Gasteiger partial charge in [0.2, 0.25) is 0 Å². The molecule has 2 nitrogen and oxygen atoms in total. The Morgan fingerprint density at radius 3 is 2.35 bits per heavy atom.